The van der Waals surface area contributed by atoms with Gasteiger partial charge in [-0.3, -0.25) is 0 Å². The van der Waals surface area contributed by atoms with Gasteiger partial charge in [-0.2, -0.15) is 4.98 Å². The molecule has 1 heterocycles. The summed E-state index contributed by atoms with van der Waals surface area (Å²) in [5, 5.41) is 3.18. The van der Waals surface area contributed by atoms with Crippen LogP contribution in [-0.4, -0.2) is 21.5 Å². The molecule has 0 bridgehead atoms. The highest BCUT2D eigenvalue weighted by atomic mass is 32.1. The van der Waals surface area contributed by atoms with Crippen molar-refractivity contribution >= 4 is 30.4 Å². The van der Waals surface area contributed by atoms with Gasteiger partial charge in [-0.15, -0.1) is 0 Å². The highest BCUT2D eigenvalue weighted by Crippen LogP contribution is 2.03. The molecule has 0 spiro atoms. The molecule has 0 radical (unpaired) electrons. The summed E-state index contributed by atoms with van der Waals surface area (Å²) in [7, 11) is 0. The summed E-state index contributed by atoms with van der Waals surface area (Å²) in [6, 6.07) is 0. The van der Waals surface area contributed by atoms with E-state index < -0.39 is 0 Å². The van der Waals surface area contributed by atoms with Crippen molar-refractivity contribution in [2.24, 2.45) is 0 Å². The molecule has 3 N–H and O–H groups in total. The van der Waals surface area contributed by atoms with E-state index in [2.05, 4.69) is 27.2 Å². The number of nitrogens with one attached hydrogen (secondary N) is 3. The standard InChI is InChI=1S/C10H18N4S2/c1-2-3-4-5-6-7-11-8-12-9(15)14-10(16)13-8/h2-7H2,1H3,(H3,11,12,13,14,15,16). The molecule has 1 aromatic heterocycles. The van der Waals surface area contributed by atoms with Gasteiger partial charge in [0.1, 0.15) is 0 Å². The molecule has 0 unspecified atom stereocenters. The zero-order valence-electron chi connectivity index (χ0n) is 9.51. The van der Waals surface area contributed by atoms with Crippen molar-refractivity contribution in [1.82, 2.24) is 15.0 Å². The molecule has 0 amide bonds. The lowest BCUT2D eigenvalue weighted by Gasteiger charge is -2.04. The Labute approximate surface area is 106 Å². The van der Waals surface area contributed by atoms with E-state index in [1.165, 1.54) is 25.7 Å². The Kier molecular flexibility index (Phi) is 6.25. The number of hydrogen-bond donors (Lipinski definition) is 3. The highest BCUT2D eigenvalue weighted by molar-refractivity contribution is 7.71. The van der Waals surface area contributed by atoms with Crippen LogP contribution < -0.4 is 5.32 Å². The molecule has 90 valence electrons. The maximum atomic E-state index is 4.97. The number of aromatic nitrogens is 3. The molecule has 0 aliphatic heterocycles. The van der Waals surface area contributed by atoms with Crippen molar-refractivity contribution < 1.29 is 0 Å². The summed E-state index contributed by atoms with van der Waals surface area (Å²) in [5.74, 6) is 0.657. The molecule has 16 heavy (non-hydrogen) atoms. The lowest BCUT2D eigenvalue weighted by molar-refractivity contribution is 0.644. The van der Waals surface area contributed by atoms with Gasteiger partial charge in [0.05, 0.1) is 0 Å². The third-order valence-electron chi connectivity index (χ3n) is 2.24. The quantitative estimate of drug-likeness (QED) is 0.517. The van der Waals surface area contributed by atoms with Crippen molar-refractivity contribution in [3.05, 3.63) is 9.54 Å². The maximum absolute atomic E-state index is 4.97. The van der Waals surface area contributed by atoms with Gasteiger partial charge in [-0.1, -0.05) is 32.6 Å². The molecule has 0 atom stereocenters. The number of rotatable bonds is 7. The van der Waals surface area contributed by atoms with E-state index in [9.17, 15) is 0 Å². The molecule has 1 rings (SSSR count). The molecule has 6 heteroatoms. The van der Waals surface area contributed by atoms with Gasteiger partial charge >= 0.3 is 0 Å². The summed E-state index contributed by atoms with van der Waals surface area (Å²) < 4.78 is 0.922. The van der Waals surface area contributed by atoms with Gasteiger partial charge in [0.2, 0.25) is 10.7 Å². The van der Waals surface area contributed by atoms with Crippen LogP contribution >= 0.6 is 24.4 Å². The van der Waals surface area contributed by atoms with Gasteiger partial charge in [0.25, 0.3) is 0 Å². The summed E-state index contributed by atoms with van der Waals surface area (Å²) >= 11 is 9.90. The first-order chi connectivity index (χ1) is 7.72. The Hall–Kier alpha value is -0.750. The normalized spacial score (nSPS) is 10.3. The summed E-state index contributed by atoms with van der Waals surface area (Å²) in [6.07, 6.45) is 6.29. The minimum Gasteiger partial charge on any atom is -0.356 e. The Morgan fingerprint density at radius 2 is 1.88 bits per heavy atom. The SMILES string of the molecule is CCCCCCCNc1nc(=S)[nH]c(=S)[nH]1. The Morgan fingerprint density at radius 1 is 1.12 bits per heavy atom. The van der Waals surface area contributed by atoms with Crippen LogP contribution in [0.15, 0.2) is 0 Å². The fourth-order valence-corrected chi connectivity index (χ4v) is 1.86. The smallest absolute Gasteiger partial charge is 0.205 e. The van der Waals surface area contributed by atoms with Gasteiger partial charge in [0.15, 0.2) is 4.77 Å². The van der Waals surface area contributed by atoms with E-state index in [0.717, 1.165) is 13.0 Å². The van der Waals surface area contributed by atoms with Crippen LogP contribution in [0.3, 0.4) is 0 Å². The monoisotopic (exact) mass is 258 g/mol. The predicted octanol–water partition coefficient (Wildman–Crippen LogP) is 3.58. The first-order valence-electron chi connectivity index (χ1n) is 5.67. The fraction of sp³-hybridized carbons (Fsp3) is 0.700. The van der Waals surface area contributed by atoms with Crippen LogP contribution in [0, 0.1) is 9.54 Å². The van der Waals surface area contributed by atoms with E-state index in [0.29, 0.717) is 15.5 Å². The number of hydrogen-bond acceptors (Lipinski definition) is 4. The zero-order chi connectivity index (χ0) is 11.8. The highest BCUT2D eigenvalue weighted by Gasteiger charge is 1.94. The van der Waals surface area contributed by atoms with Crippen molar-refractivity contribution in [1.29, 1.82) is 0 Å². The molecule has 0 aromatic carbocycles. The Morgan fingerprint density at radius 3 is 2.56 bits per heavy atom. The van der Waals surface area contributed by atoms with Crippen molar-refractivity contribution in [2.45, 2.75) is 39.0 Å². The van der Waals surface area contributed by atoms with Gasteiger partial charge in [-0.25, -0.2) is 0 Å². The molecule has 0 aliphatic rings. The van der Waals surface area contributed by atoms with E-state index in [1.54, 1.807) is 0 Å². The maximum Gasteiger partial charge on any atom is 0.205 e. The summed E-state index contributed by atoms with van der Waals surface area (Å²) in [4.78, 5) is 9.77. The summed E-state index contributed by atoms with van der Waals surface area (Å²) in [5.41, 5.74) is 0. The third kappa shape index (κ3) is 5.37. The molecular formula is C10H18N4S2. The topological polar surface area (TPSA) is 56.5 Å². The lowest BCUT2D eigenvalue weighted by Crippen LogP contribution is -2.06. The van der Waals surface area contributed by atoms with Crippen molar-refractivity contribution in [3.8, 4) is 0 Å². The fourth-order valence-electron chi connectivity index (χ4n) is 1.41. The van der Waals surface area contributed by atoms with Crippen LogP contribution in [0.2, 0.25) is 0 Å². The molecule has 4 nitrogen and oxygen atoms in total. The first kappa shape index (κ1) is 13.3. The Bertz CT molecular complexity index is 382. The van der Waals surface area contributed by atoms with Gasteiger partial charge in [-0.05, 0) is 30.9 Å². The molecule has 0 aliphatic carbocycles. The third-order valence-corrected chi connectivity index (χ3v) is 2.64. The van der Waals surface area contributed by atoms with Crippen LogP contribution in [0.4, 0.5) is 5.95 Å². The average molecular weight is 258 g/mol. The molecule has 0 saturated carbocycles. The minimum atomic E-state index is 0.414. The summed E-state index contributed by atoms with van der Waals surface area (Å²) in [6.45, 7) is 3.12. The molecule has 1 aromatic rings. The molecular weight excluding hydrogens is 240 g/mol. The number of aromatic amines is 2. The number of nitrogens with zero attached hydrogens (tertiary/aromatic N) is 1. The first-order valence-corrected chi connectivity index (χ1v) is 6.48. The zero-order valence-corrected chi connectivity index (χ0v) is 11.1. The van der Waals surface area contributed by atoms with Crippen LogP contribution in [0.1, 0.15) is 39.0 Å². The second-order valence-corrected chi connectivity index (χ2v) is 4.48. The largest absolute Gasteiger partial charge is 0.356 e. The number of unbranched alkanes of at least 4 members (excludes halogenated alkanes) is 4. The second kappa shape index (κ2) is 7.51. The molecule has 0 fully saturated rings. The van der Waals surface area contributed by atoms with Crippen LogP contribution in [0.5, 0.6) is 0 Å². The number of anilines is 1. The second-order valence-electron chi connectivity index (χ2n) is 3.69. The average Bonchev–Trinajstić information content (AvgIpc) is 2.22. The minimum absolute atomic E-state index is 0.414. The molecule has 0 saturated heterocycles. The predicted molar refractivity (Wildman–Crippen MR) is 71.9 cm³/mol. The van der Waals surface area contributed by atoms with E-state index in [4.69, 9.17) is 24.4 Å². The van der Waals surface area contributed by atoms with E-state index in [-0.39, 0.29) is 0 Å². The lowest BCUT2D eigenvalue weighted by atomic mass is 10.1. The van der Waals surface area contributed by atoms with E-state index >= 15 is 0 Å². The van der Waals surface area contributed by atoms with Crippen LogP contribution in [-0.2, 0) is 0 Å². The van der Waals surface area contributed by atoms with Gasteiger partial charge < -0.3 is 15.3 Å². The van der Waals surface area contributed by atoms with Crippen molar-refractivity contribution in [2.75, 3.05) is 11.9 Å². The van der Waals surface area contributed by atoms with Crippen molar-refractivity contribution in [3.63, 3.8) is 0 Å². The van der Waals surface area contributed by atoms with E-state index in [1.807, 2.05) is 0 Å². The number of H-pyrrole nitrogens is 2. The Balaban J connectivity index is 2.27. The van der Waals surface area contributed by atoms with Crippen LogP contribution in [0.25, 0.3) is 0 Å². The van der Waals surface area contributed by atoms with Gasteiger partial charge in [0, 0.05) is 6.54 Å².